The highest BCUT2D eigenvalue weighted by Crippen LogP contribution is 2.17. The van der Waals surface area contributed by atoms with Crippen molar-refractivity contribution in [3.63, 3.8) is 0 Å². The van der Waals surface area contributed by atoms with Gasteiger partial charge in [-0.1, -0.05) is 19.1 Å². The smallest absolute Gasteiger partial charge is 0.243 e. The summed E-state index contributed by atoms with van der Waals surface area (Å²) in [5, 5.41) is 5.71. The lowest BCUT2D eigenvalue weighted by molar-refractivity contribution is -0.128. The Morgan fingerprint density at radius 2 is 2.29 bits per heavy atom. The van der Waals surface area contributed by atoms with E-state index in [0.29, 0.717) is 18.7 Å². The number of nitrogens with one attached hydrogen (secondary N) is 2. The number of hydrogen-bond acceptors (Lipinski definition) is 4. The van der Waals surface area contributed by atoms with Crippen molar-refractivity contribution < 1.29 is 9.59 Å². The van der Waals surface area contributed by atoms with Gasteiger partial charge in [-0.25, -0.2) is 4.98 Å². The molecule has 2 heterocycles. The van der Waals surface area contributed by atoms with E-state index in [2.05, 4.69) is 27.1 Å². The van der Waals surface area contributed by atoms with Gasteiger partial charge in [0, 0.05) is 24.5 Å². The Hall–Kier alpha value is -2.02. The number of rotatable bonds is 5. The monoisotopic (exact) mass is 346 g/mol. The van der Waals surface area contributed by atoms with Crippen molar-refractivity contribution in [3.8, 4) is 0 Å². The Kier molecular flexibility index (Phi) is 5.40. The molecule has 0 radical (unpaired) electrons. The Morgan fingerprint density at radius 3 is 3.12 bits per heavy atom. The third-order valence-electron chi connectivity index (χ3n) is 4.01. The highest BCUT2D eigenvalue weighted by molar-refractivity contribution is 7.99. The predicted molar refractivity (Wildman–Crippen MR) is 95.7 cm³/mol. The summed E-state index contributed by atoms with van der Waals surface area (Å²) in [6.07, 6.45) is 1.47. The molecule has 6 nitrogen and oxygen atoms in total. The van der Waals surface area contributed by atoms with E-state index in [0.717, 1.165) is 35.6 Å². The number of benzene rings is 1. The number of hydrogen-bond donors (Lipinski definition) is 2. The average molecular weight is 346 g/mol. The molecule has 1 saturated heterocycles. The van der Waals surface area contributed by atoms with Crippen molar-refractivity contribution in [3.05, 3.63) is 30.1 Å². The van der Waals surface area contributed by atoms with Crippen LogP contribution in [0.3, 0.4) is 0 Å². The number of aromatic nitrogens is 2. The lowest BCUT2D eigenvalue weighted by Crippen LogP contribution is -2.47. The maximum atomic E-state index is 12.4. The molecule has 0 spiro atoms. The van der Waals surface area contributed by atoms with Crippen molar-refractivity contribution >= 4 is 34.6 Å². The highest BCUT2D eigenvalue weighted by Gasteiger charge is 2.23. The molecule has 1 aromatic heterocycles. The quantitative estimate of drug-likeness (QED) is 0.864. The van der Waals surface area contributed by atoms with E-state index in [4.69, 9.17) is 0 Å². The van der Waals surface area contributed by atoms with Crippen LogP contribution in [0.4, 0.5) is 0 Å². The van der Waals surface area contributed by atoms with Crippen LogP contribution in [0.1, 0.15) is 25.6 Å². The van der Waals surface area contributed by atoms with Gasteiger partial charge in [0.2, 0.25) is 11.8 Å². The summed E-state index contributed by atoms with van der Waals surface area (Å²) >= 11 is 1.63. The van der Waals surface area contributed by atoms with Gasteiger partial charge >= 0.3 is 0 Å². The molecule has 1 fully saturated rings. The third-order valence-corrected chi connectivity index (χ3v) is 5.07. The number of nitrogens with zero attached hydrogens (tertiary/aromatic N) is 2. The molecule has 128 valence electrons. The van der Waals surface area contributed by atoms with Crippen LogP contribution in [0.15, 0.2) is 24.3 Å². The highest BCUT2D eigenvalue weighted by atomic mass is 32.2. The number of thioether (sulfide) groups is 1. The SMILES string of the molecule is CCCn1c(CNC(=O)[C@@H]2CSCCC(=O)N2)nc2ccccc21. The zero-order valence-electron chi connectivity index (χ0n) is 13.7. The summed E-state index contributed by atoms with van der Waals surface area (Å²) in [6.45, 7) is 3.35. The van der Waals surface area contributed by atoms with Crippen molar-refractivity contribution in [2.75, 3.05) is 11.5 Å². The number of aryl methyl sites for hydroxylation is 1. The maximum absolute atomic E-state index is 12.4. The molecule has 1 aromatic carbocycles. The average Bonchev–Trinajstić information content (AvgIpc) is 2.77. The maximum Gasteiger partial charge on any atom is 0.243 e. The molecular weight excluding hydrogens is 324 g/mol. The lowest BCUT2D eigenvalue weighted by Gasteiger charge is -2.15. The molecule has 0 saturated carbocycles. The predicted octanol–water partition coefficient (Wildman–Crippen LogP) is 1.68. The number of para-hydroxylation sites is 2. The van der Waals surface area contributed by atoms with Crippen LogP contribution in [0.5, 0.6) is 0 Å². The first-order valence-electron chi connectivity index (χ1n) is 8.28. The Morgan fingerprint density at radius 1 is 1.46 bits per heavy atom. The Balaban J connectivity index is 1.71. The standard InChI is InChI=1S/C17H22N4O2S/c1-2-8-21-14-6-4-3-5-12(14)19-15(21)10-18-17(23)13-11-24-9-7-16(22)20-13/h3-6,13H,2,7-11H2,1H3,(H,18,23)(H,20,22)/t13-/m0/s1. The lowest BCUT2D eigenvalue weighted by atomic mass is 10.3. The van der Waals surface area contributed by atoms with Gasteiger partial charge in [0.1, 0.15) is 11.9 Å². The number of amides is 2. The minimum absolute atomic E-state index is 0.0571. The van der Waals surface area contributed by atoms with Crippen LogP contribution >= 0.6 is 11.8 Å². The minimum Gasteiger partial charge on any atom is -0.347 e. The second-order valence-corrected chi connectivity index (χ2v) is 6.98. The number of imidazole rings is 1. The Bertz CT molecular complexity index is 743. The van der Waals surface area contributed by atoms with Gasteiger partial charge in [-0.2, -0.15) is 11.8 Å². The fraction of sp³-hybridized carbons (Fsp3) is 0.471. The van der Waals surface area contributed by atoms with Gasteiger partial charge in [0.15, 0.2) is 0 Å². The summed E-state index contributed by atoms with van der Waals surface area (Å²) in [6, 6.07) is 7.53. The zero-order chi connectivity index (χ0) is 16.9. The third kappa shape index (κ3) is 3.72. The molecule has 7 heteroatoms. The first kappa shape index (κ1) is 16.8. The molecular formula is C17H22N4O2S. The van der Waals surface area contributed by atoms with Gasteiger partial charge in [0.25, 0.3) is 0 Å². The van der Waals surface area contributed by atoms with E-state index in [9.17, 15) is 9.59 Å². The molecule has 3 rings (SSSR count). The van der Waals surface area contributed by atoms with Gasteiger partial charge in [-0.3, -0.25) is 9.59 Å². The van der Waals surface area contributed by atoms with E-state index < -0.39 is 6.04 Å². The van der Waals surface area contributed by atoms with E-state index in [1.54, 1.807) is 11.8 Å². The summed E-state index contributed by atoms with van der Waals surface area (Å²) in [4.78, 5) is 28.6. The molecule has 2 amide bonds. The van der Waals surface area contributed by atoms with Crippen LogP contribution in [-0.2, 0) is 22.7 Å². The zero-order valence-corrected chi connectivity index (χ0v) is 14.6. The molecule has 0 bridgehead atoms. The van der Waals surface area contributed by atoms with Crippen molar-refractivity contribution in [1.29, 1.82) is 0 Å². The fourth-order valence-corrected chi connectivity index (χ4v) is 3.81. The van der Waals surface area contributed by atoms with Gasteiger partial charge in [-0.05, 0) is 18.6 Å². The van der Waals surface area contributed by atoms with Crippen molar-refractivity contribution in [2.24, 2.45) is 0 Å². The molecule has 2 aromatic rings. The van der Waals surface area contributed by atoms with E-state index in [-0.39, 0.29) is 11.8 Å². The fourth-order valence-electron chi connectivity index (χ4n) is 2.84. The summed E-state index contributed by atoms with van der Waals surface area (Å²) < 4.78 is 2.15. The molecule has 1 atom stereocenters. The summed E-state index contributed by atoms with van der Waals surface area (Å²) in [5.41, 5.74) is 2.02. The van der Waals surface area contributed by atoms with Crippen LogP contribution in [-0.4, -0.2) is 38.9 Å². The summed E-state index contributed by atoms with van der Waals surface area (Å²) in [5.74, 6) is 2.02. The van der Waals surface area contributed by atoms with Crippen LogP contribution < -0.4 is 10.6 Å². The molecule has 1 aliphatic rings. The van der Waals surface area contributed by atoms with Crippen molar-refractivity contribution in [2.45, 2.75) is 38.9 Å². The topological polar surface area (TPSA) is 76.0 Å². The number of carbonyl (C=O) groups is 2. The molecule has 1 aliphatic heterocycles. The summed E-state index contributed by atoms with van der Waals surface area (Å²) in [7, 11) is 0. The first-order chi connectivity index (χ1) is 11.7. The molecule has 0 aliphatic carbocycles. The molecule has 2 N–H and O–H groups in total. The first-order valence-corrected chi connectivity index (χ1v) is 9.43. The second-order valence-electron chi connectivity index (χ2n) is 5.83. The second kappa shape index (κ2) is 7.70. The minimum atomic E-state index is -0.464. The van der Waals surface area contributed by atoms with E-state index >= 15 is 0 Å². The van der Waals surface area contributed by atoms with Crippen molar-refractivity contribution in [1.82, 2.24) is 20.2 Å². The largest absolute Gasteiger partial charge is 0.347 e. The van der Waals surface area contributed by atoms with Crippen LogP contribution in [0.25, 0.3) is 11.0 Å². The number of carbonyl (C=O) groups excluding carboxylic acids is 2. The van der Waals surface area contributed by atoms with E-state index in [1.807, 2.05) is 24.3 Å². The van der Waals surface area contributed by atoms with Gasteiger partial charge < -0.3 is 15.2 Å². The Labute approximate surface area is 145 Å². The molecule has 0 unspecified atom stereocenters. The van der Waals surface area contributed by atoms with Crippen LogP contribution in [0, 0.1) is 0 Å². The van der Waals surface area contributed by atoms with Gasteiger partial charge in [0.05, 0.1) is 17.6 Å². The molecule has 24 heavy (non-hydrogen) atoms. The van der Waals surface area contributed by atoms with E-state index in [1.165, 1.54) is 0 Å². The number of fused-ring (bicyclic) bond motifs is 1. The van der Waals surface area contributed by atoms with Gasteiger partial charge in [-0.15, -0.1) is 0 Å². The normalized spacial score (nSPS) is 18.2. The van der Waals surface area contributed by atoms with Crippen LogP contribution in [0.2, 0.25) is 0 Å².